The topological polar surface area (TPSA) is 76.2 Å². The van der Waals surface area contributed by atoms with Crippen molar-refractivity contribution >= 4 is 17.4 Å². The first-order valence-corrected chi connectivity index (χ1v) is 8.92. The number of rotatable bonds is 4. The van der Waals surface area contributed by atoms with E-state index in [0.29, 0.717) is 22.3 Å². The molecule has 0 aliphatic heterocycles. The van der Waals surface area contributed by atoms with Gasteiger partial charge in [-0.3, -0.25) is 9.89 Å². The van der Waals surface area contributed by atoms with E-state index < -0.39 is 0 Å². The third kappa shape index (κ3) is 3.03. The Labute approximate surface area is 152 Å². The molecule has 0 radical (unpaired) electrons. The van der Waals surface area contributed by atoms with Crippen molar-refractivity contribution in [2.24, 2.45) is 0 Å². The molecule has 0 atom stereocenters. The minimum atomic E-state index is -0.313. The average molecular weight is 370 g/mol. The number of hydrogen-bond acceptors (Lipinski definition) is 5. The molecule has 6 nitrogen and oxygen atoms in total. The maximum atomic E-state index is 13.2. The van der Waals surface area contributed by atoms with E-state index in [9.17, 15) is 9.18 Å². The van der Waals surface area contributed by atoms with Gasteiger partial charge in [0.05, 0.1) is 11.4 Å². The van der Waals surface area contributed by atoms with Crippen LogP contribution < -0.4 is 5.56 Å². The second-order valence-corrected chi connectivity index (χ2v) is 6.78. The summed E-state index contributed by atoms with van der Waals surface area (Å²) in [6, 6.07) is 7.55. The van der Waals surface area contributed by atoms with Crippen molar-refractivity contribution in [2.45, 2.75) is 24.8 Å². The largest absolute Gasteiger partial charge is 0.437 e. The molecule has 132 valence electrons. The lowest BCUT2D eigenvalue weighted by Gasteiger charge is -2.02. The first kappa shape index (κ1) is 16.6. The maximum absolute atomic E-state index is 13.2. The van der Waals surface area contributed by atoms with E-state index >= 15 is 0 Å². The minimum Gasteiger partial charge on any atom is -0.437 e. The van der Waals surface area contributed by atoms with Gasteiger partial charge in [-0.15, -0.1) is 0 Å². The SMILES string of the molecule is Cc1nc(SCc2cc(=O)n3[nH]cc(-c4ccc(F)cc4)c3n2)oc1C. The molecule has 4 rings (SSSR count). The number of benzene rings is 1. The first-order valence-electron chi connectivity index (χ1n) is 7.94. The quantitative estimate of drug-likeness (QED) is 0.554. The molecule has 8 heteroatoms. The van der Waals surface area contributed by atoms with Crippen molar-refractivity contribution in [3.63, 3.8) is 0 Å². The Bertz CT molecular complexity index is 1120. The Hall–Kier alpha value is -2.87. The number of oxazole rings is 1. The lowest BCUT2D eigenvalue weighted by molar-refractivity contribution is 0.431. The molecule has 0 saturated heterocycles. The van der Waals surface area contributed by atoms with E-state index in [-0.39, 0.29) is 11.4 Å². The number of aromatic nitrogens is 4. The van der Waals surface area contributed by atoms with Crippen molar-refractivity contribution in [1.82, 2.24) is 19.6 Å². The fourth-order valence-corrected chi connectivity index (χ4v) is 3.39. The van der Waals surface area contributed by atoms with Crippen LogP contribution in [0, 0.1) is 19.7 Å². The van der Waals surface area contributed by atoms with Crippen LogP contribution >= 0.6 is 11.8 Å². The number of aromatic amines is 1. The van der Waals surface area contributed by atoms with Gasteiger partial charge < -0.3 is 4.42 Å². The van der Waals surface area contributed by atoms with Crippen LogP contribution in [0.2, 0.25) is 0 Å². The fraction of sp³-hybridized carbons (Fsp3) is 0.167. The van der Waals surface area contributed by atoms with Crippen molar-refractivity contribution in [2.75, 3.05) is 0 Å². The predicted octanol–water partition coefficient (Wildman–Crippen LogP) is 3.73. The molecule has 26 heavy (non-hydrogen) atoms. The number of fused-ring (bicyclic) bond motifs is 1. The number of hydrogen-bond donors (Lipinski definition) is 1. The van der Waals surface area contributed by atoms with Crippen LogP contribution in [0.3, 0.4) is 0 Å². The van der Waals surface area contributed by atoms with E-state index in [1.165, 1.54) is 34.5 Å². The molecule has 0 saturated carbocycles. The van der Waals surface area contributed by atoms with E-state index in [2.05, 4.69) is 15.1 Å². The van der Waals surface area contributed by atoms with E-state index in [0.717, 1.165) is 22.6 Å². The van der Waals surface area contributed by atoms with Crippen molar-refractivity contribution in [3.05, 3.63) is 69.8 Å². The lowest BCUT2D eigenvalue weighted by atomic mass is 10.1. The minimum absolute atomic E-state index is 0.210. The molecule has 0 amide bonds. The van der Waals surface area contributed by atoms with Crippen LogP contribution in [0.4, 0.5) is 4.39 Å². The van der Waals surface area contributed by atoms with Gasteiger partial charge in [-0.1, -0.05) is 23.9 Å². The summed E-state index contributed by atoms with van der Waals surface area (Å²) < 4.78 is 20.1. The van der Waals surface area contributed by atoms with Gasteiger partial charge in [0.25, 0.3) is 10.8 Å². The summed E-state index contributed by atoms with van der Waals surface area (Å²) in [6.07, 6.45) is 1.69. The van der Waals surface area contributed by atoms with Crippen LogP contribution in [0.5, 0.6) is 0 Å². The van der Waals surface area contributed by atoms with Crippen molar-refractivity contribution in [1.29, 1.82) is 0 Å². The molecule has 0 bridgehead atoms. The van der Waals surface area contributed by atoms with Crippen molar-refractivity contribution < 1.29 is 8.81 Å². The lowest BCUT2D eigenvalue weighted by Crippen LogP contribution is -2.15. The number of halogens is 1. The second kappa shape index (κ2) is 6.45. The Kier molecular flexibility index (Phi) is 4.12. The Morgan fingerprint density at radius 1 is 1.23 bits per heavy atom. The van der Waals surface area contributed by atoms with Gasteiger partial charge >= 0.3 is 0 Å². The highest BCUT2D eigenvalue weighted by molar-refractivity contribution is 7.98. The van der Waals surface area contributed by atoms with Crippen LogP contribution in [0.1, 0.15) is 17.1 Å². The normalized spacial score (nSPS) is 11.3. The number of nitrogens with zero attached hydrogens (tertiary/aromatic N) is 3. The molecule has 0 aliphatic rings. The van der Waals surface area contributed by atoms with Gasteiger partial charge in [0, 0.05) is 23.6 Å². The first-order chi connectivity index (χ1) is 12.5. The predicted molar refractivity (Wildman–Crippen MR) is 96.7 cm³/mol. The molecule has 1 aromatic carbocycles. The standard InChI is InChI=1S/C18H15FN4O2S/c1-10-11(2)25-18(21-10)26-9-14-7-16(24)23-17(22-14)15(8-20-23)12-3-5-13(19)6-4-12/h3-8,20H,9H2,1-2H3. The summed E-state index contributed by atoms with van der Waals surface area (Å²) in [4.78, 5) is 21.3. The van der Waals surface area contributed by atoms with Crippen LogP contribution in [-0.2, 0) is 5.75 Å². The van der Waals surface area contributed by atoms with Crippen LogP contribution in [-0.4, -0.2) is 19.6 Å². The van der Waals surface area contributed by atoms with Gasteiger partial charge in [-0.05, 0) is 31.5 Å². The van der Waals surface area contributed by atoms with E-state index in [1.54, 1.807) is 18.3 Å². The number of aryl methyl sites for hydroxylation is 2. The Morgan fingerprint density at radius 3 is 2.69 bits per heavy atom. The molecule has 0 unspecified atom stereocenters. The molecule has 3 heterocycles. The molecule has 3 aromatic heterocycles. The zero-order chi connectivity index (χ0) is 18.3. The summed E-state index contributed by atoms with van der Waals surface area (Å²) in [5, 5.41) is 3.44. The molecule has 4 aromatic rings. The molecular weight excluding hydrogens is 355 g/mol. The van der Waals surface area contributed by atoms with E-state index in [4.69, 9.17) is 4.42 Å². The summed E-state index contributed by atoms with van der Waals surface area (Å²) in [5.74, 6) is 0.923. The number of nitrogens with one attached hydrogen (secondary N) is 1. The van der Waals surface area contributed by atoms with Gasteiger partial charge in [-0.25, -0.2) is 18.9 Å². The van der Waals surface area contributed by atoms with Crippen LogP contribution in [0.25, 0.3) is 16.8 Å². The van der Waals surface area contributed by atoms with Gasteiger partial charge in [0.2, 0.25) is 0 Å². The fourth-order valence-electron chi connectivity index (χ4n) is 2.59. The average Bonchev–Trinajstić information content (AvgIpc) is 3.18. The summed E-state index contributed by atoms with van der Waals surface area (Å²) >= 11 is 1.38. The number of H-pyrrole nitrogens is 1. The molecule has 1 N–H and O–H groups in total. The van der Waals surface area contributed by atoms with Crippen LogP contribution in [0.15, 0.2) is 51.0 Å². The summed E-state index contributed by atoms with van der Waals surface area (Å²) in [5.41, 5.74) is 3.27. The van der Waals surface area contributed by atoms with Gasteiger partial charge in [0.15, 0.2) is 5.65 Å². The highest BCUT2D eigenvalue weighted by atomic mass is 32.2. The summed E-state index contributed by atoms with van der Waals surface area (Å²) in [7, 11) is 0. The smallest absolute Gasteiger partial charge is 0.272 e. The molecule has 0 aliphatic carbocycles. The summed E-state index contributed by atoms with van der Waals surface area (Å²) in [6.45, 7) is 3.74. The van der Waals surface area contributed by atoms with E-state index in [1.807, 2.05) is 13.8 Å². The van der Waals surface area contributed by atoms with Gasteiger partial charge in [0.1, 0.15) is 11.6 Å². The monoisotopic (exact) mass is 370 g/mol. The Morgan fingerprint density at radius 2 is 2.00 bits per heavy atom. The van der Waals surface area contributed by atoms with Gasteiger partial charge in [-0.2, -0.15) is 0 Å². The molecule has 0 spiro atoms. The highest BCUT2D eigenvalue weighted by Crippen LogP contribution is 2.25. The zero-order valence-corrected chi connectivity index (χ0v) is 14.9. The van der Waals surface area contributed by atoms with Crippen molar-refractivity contribution in [3.8, 4) is 11.1 Å². The number of thioether (sulfide) groups is 1. The maximum Gasteiger partial charge on any atom is 0.272 e. The zero-order valence-electron chi connectivity index (χ0n) is 14.1. The molecule has 0 fully saturated rings. The third-order valence-electron chi connectivity index (χ3n) is 4.06. The Balaban J connectivity index is 1.69. The molecular formula is C18H15FN4O2S. The highest BCUT2D eigenvalue weighted by Gasteiger charge is 2.13. The third-order valence-corrected chi connectivity index (χ3v) is 4.92. The second-order valence-electron chi connectivity index (χ2n) is 5.85.